The summed E-state index contributed by atoms with van der Waals surface area (Å²) in [5.41, 5.74) is 3.20. The molecule has 0 aliphatic carbocycles. The monoisotopic (exact) mass is 399 g/mol. The average Bonchev–Trinajstić information content (AvgIpc) is 2.67. The normalized spacial score (nSPS) is 15.9. The lowest BCUT2D eigenvalue weighted by Gasteiger charge is -2.27. The molecule has 0 aromatic heterocycles. The molecule has 1 aliphatic heterocycles. The number of carbonyl (C=O) groups excluding carboxylic acids is 1. The summed E-state index contributed by atoms with van der Waals surface area (Å²) in [6.07, 6.45) is 0.351. The molecule has 3 rings (SSSR count). The highest BCUT2D eigenvalue weighted by atomic mass is 16.6. The van der Waals surface area contributed by atoms with Crippen LogP contribution in [0.25, 0.3) is 0 Å². The number of nitro groups is 1. The van der Waals surface area contributed by atoms with E-state index in [1.165, 1.54) is 18.3 Å². The highest BCUT2D eigenvalue weighted by Gasteiger charge is 2.28. The molecule has 2 aromatic carbocycles. The molecule has 1 atom stereocenters. The molecule has 0 radical (unpaired) electrons. The van der Waals surface area contributed by atoms with Gasteiger partial charge in [-0.15, -0.1) is 0 Å². The molecule has 152 valence electrons. The van der Waals surface area contributed by atoms with Crippen molar-refractivity contribution in [1.82, 2.24) is 5.43 Å². The van der Waals surface area contributed by atoms with Crippen LogP contribution in [0.5, 0.6) is 17.2 Å². The SMILES string of the molecule is CC(C)(C)c1ccc2c(c1)O[C@H](C(=O)N/N=C/c1ccc(O)c([N+](=O)[O-])c1)CO2. The fraction of sp³-hybridized carbons (Fsp3) is 0.300. The van der Waals surface area contributed by atoms with Gasteiger partial charge in [-0.1, -0.05) is 26.8 Å². The van der Waals surface area contributed by atoms with Gasteiger partial charge in [0.1, 0.15) is 6.61 Å². The summed E-state index contributed by atoms with van der Waals surface area (Å²) < 4.78 is 11.4. The molecule has 1 amide bonds. The summed E-state index contributed by atoms with van der Waals surface area (Å²) in [5, 5.41) is 24.1. The topological polar surface area (TPSA) is 123 Å². The van der Waals surface area contributed by atoms with Crippen molar-refractivity contribution in [3.05, 3.63) is 57.6 Å². The van der Waals surface area contributed by atoms with E-state index in [0.717, 1.165) is 11.6 Å². The van der Waals surface area contributed by atoms with E-state index < -0.39 is 28.4 Å². The molecule has 1 heterocycles. The number of ether oxygens (including phenoxy) is 2. The molecule has 2 aromatic rings. The van der Waals surface area contributed by atoms with Crippen LogP contribution in [0.1, 0.15) is 31.9 Å². The quantitative estimate of drug-likeness (QED) is 0.463. The van der Waals surface area contributed by atoms with Gasteiger partial charge in [-0.3, -0.25) is 14.9 Å². The number of amides is 1. The van der Waals surface area contributed by atoms with Gasteiger partial charge in [0.15, 0.2) is 17.2 Å². The van der Waals surface area contributed by atoms with Crippen LogP contribution < -0.4 is 14.9 Å². The Labute approximate surface area is 167 Å². The number of hydrogen-bond donors (Lipinski definition) is 2. The van der Waals surface area contributed by atoms with Crippen LogP contribution in [0.3, 0.4) is 0 Å². The fourth-order valence-corrected chi connectivity index (χ4v) is 2.68. The average molecular weight is 399 g/mol. The van der Waals surface area contributed by atoms with E-state index >= 15 is 0 Å². The minimum absolute atomic E-state index is 0.0356. The molecule has 0 bridgehead atoms. The molecule has 9 nitrogen and oxygen atoms in total. The lowest BCUT2D eigenvalue weighted by Crippen LogP contribution is -2.42. The number of aromatic hydroxyl groups is 1. The molecule has 9 heteroatoms. The van der Waals surface area contributed by atoms with Crippen molar-refractivity contribution < 1.29 is 24.3 Å². The van der Waals surface area contributed by atoms with E-state index in [1.807, 2.05) is 18.2 Å². The maximum Gasteiger partial charge on any atom is 0.311 e. The number of nitro benzene ring substituents is 1. The van der Waals surface area contributed by atoms with E-state index in [9.17, 15) is 20.0 Å². The molecule has 0 saturated carbocycles. The molecule has 2 N–H and O–H groups in total. The number of carbonyl (C=O) groups is 1. The number of phenols is 1. The predicted molar refractivity (Wildman–Crippen MR) is 106 cm³/mol. The Morgan fingerprint density at radius 3 is 2.72 bits per heavy atom. The molecule has 0 saturated heterocycles. The first kappa shape index (κ1) is 20.1. The van der Waals surface area contributed by atoms with E-state index in [4.69, 9.17) is 9.47 Å². The molecule has 29 heavy (non-hydrogen) atoms. The Kier molecular flexibility index (Phi) is 5.40. The highest BCUT2D eigenvalue weighted by Crippen LogP contribution is 2.36. The second-order valence-corrected chi connectivity index (χ2v) is 7.57. The zero-order chi connectivity index (χ0) is 21.2. The van der Waals surface area contributed by atoms with E-state index in [2.05, 4.69) is 31.3 Å². The number of rotatable bonds is 4. The number of hydrazone groups is 1. The molecular weight excluding hydrogens is 378 g/mol. The van der Waals surface area contributed by atoms with Crippen LogP contribution in [0.4, 0.5) is 5.69 Å². The number of hydrogen-bond acceptors (Lipinski definition) is 7. The van der Waals surface area contributed by atoms with Gasteiger partial charge in [-0.05, 0) is 35.2 Å². The van der Waals surface area contributed by atoms with Crippen molar-refractivity contribution in [2.24, 2.45) is 5.10 Å². The Morgan fingerprint density at radius 1 is 1.28 bits per heavy atom. The third-order valence-corrected chi connectivity index (χ3v) is 4.35. The minimum Gasteiger partial charge on any atom is -0.502 e. The van der Waals surface area contributed by atoms with Crippen molar-refractivity contribution in [2.45, 2.75) is 32.3 Å². The van der Waals surface area contributed by atoms with Crippen molar-refractivity contribution in [2.75, 3.05) is 6.61 Å². The minimum atomic E-state index is -0.885. The second-order valence-electron chi connectivity index (χ2n) is 7.57. The van der Waals surface area contributed by atoms with E-state index in [-0.39, 0.29) is 12.0 Å². The van der Waals surface area contributed by atoms with Crippen LogP contribution in [-0.4, -0.2) is 34.9 Å². The third kappa shape index (κ3) is 4.63. The summed E-state index contributed by atoms with van der Waals surface area (Å²) in [7, 11) is 0. The van der Waals surface area contributed by atoms with Crippen molar-refractivity contribution in [3.8, 4) is 17.2 Å². The van der Waals surface area contributed by atoms with Gasteiger partial charge in [0, 0.05) is 11.6 Å². The fourth-order valence-electron chi connectivity index (χ4n) is 2.68. The summed E-state index contributed by atoms with van der Waals surface area (Å²) >= 11 is 0. The zero-order valence-corrected chi connectivity index (χ0v) is 16.2. The summed E-state index contributed by atoms with van der Waals surface area (Å²) in [6, 6.07) is 9.40. The second kappa shape index (κ2) is 7.78. The lowest BCUT2D eigenvalue weighted by molar-refractivity contribution is -0.385. The van der Waals surface area contributed by atoms with Gasteiger partial charge < -0.3 is 14.6 Å². The van der Waals surface area contributed by atoms with Crippen LogP contribution in [-0.2, 0) is 10.2 Å². The van der Waals surface area contributed by atoms with E-state index in [1.54, 1.807) is 0 Å². The highest BCUT2D eigenvalue weighted by molar-refractivity contribution is 5.85. The number of nitrogens with zero attached hydrogens (tertiary/aromatic N) is 2. The molecule has 0 fully saturated rings. The maximum atomic E-state index is 12.3. The van der Waals surface area contributed by atoms with Gasteiger partial charge >= 0.3 is 5.69 Å². The van der Waals surface area contributed by atoms with Gasteiger partial charge in [0.2, 0.25) is 6.10 Å². The number of benzene rings is 2. The Morgan fingerprint density at radius 2 is 2.03 bits per heavy atom. The van der Waals surface area contributed by atoms with Crippen LogP contribution in [0.2, 0.25) is 0 Å². The number of nitrogens with one attached hydrogen (secondary N) is 1. The van der Waals surface area contributed by atoms with Crippen LogP contribution in [0.15, 0.2) is 41.5 Å². The standard InChI is InChI=1S/C20H21N3O6/c1-20(2,3)13-5-7-16-17(9-13)29-18(11-28-16)19(25)22-21-10-12-4-6-15(24)14(8-12)23(26)27/h4-10,18,24H,11H2,1-3H3,(H,22,25)/b21-10+/t18-/m0/s1. The maximum absolute atomic E-state index is 12.3. The van der Waals surface area contributed by atoms with Gasteiger partial charge in [-0.2, -0.15) is 5.10 Å². The molecular formula is C20H21N3O6. The van der Waals surface area contributed by atoms with Crippen molar-refractivity contribution in [1.29, 1.82) is 0 Å². The largest absolute Gasteiger partial charge is 0.502 e. The molecule has 0 spiro atoms. The Hall–Kier alpha value is -3.62. The third-order valence-electron chi connectivity index (χ3n) is 4.35. The molecule has 1 aliphatic rings. The summed E-state index contributed by atoms with van der Waals surface area (Å²) in [4.78, 5) is 22.5. The van der Waals surface area contributed by atoms with Gasteiger partial charge in [0.05, 0.1) is 11.1 Å². The summed E-state index contributed by atoms with van der Waals surface area (Å²) in [5.74, 6) is 0.0995. The first-order valence-corrected chi connectivity index (χ1v) is 8.89. The first-order chi connectivity index (χ1) is 13.6. The van der Waals surface area contributed by atoms with Gasteiger partial charge in [-0.25, -0.2) is 5.43 Å². The Bertz CT molecular complexity index is 981. The number of fused-ring (bicyclic) bond motifs is 1. The van der Waals surface area contributed by atoms with E-state index in [0.29, 0.717) is 17.1 Å². The van der Waals surface area contributed by atoms with Crippen LogP contribution >= 0.6 is 0 Å². The predicted octanol–water partition coefficient (Wildman–Crippen LogP) is 2.89. The van der Waals surface area contributed by atoms with Crippen molar-refractivity contribution >= 4 is 17.8 Å². The first-order valence-electron chi connectivity index (χ1n) is 8.89. The van der Waals surface area contributed by atoms with Crippen molar-refractivity contribution in [3.63, 3.8) is 0 Å². The molecule has 0 unspecified atom stereocenters. The summed E-state index contributed by atoms with van der Waals surface area (Å²) in [6.45, 7) is 6.26. The Balaban J connectivity index is 1.66. The van der Waals surface area contributed by atoms with Gasteiger partial charge in [0.25, 0.3) is 5.91 Å². The van der Waals surface area contributed by atoms with Crippen LogP contribution in [0, 0.1) is 10.1 Å². The zero-order valence-electron chi connectivity index (χ0n) is 16.2. The number of phenolic OH excluding ortho intramolecular Hbond substituents is 1. The smallest absolute Gasteiger partial charge is 0.311 e. The lowest BCUT2D eigenvalue weighted by atomic mass is 9.87.